The third-order valence-corrected chi connectivity index (χ3v) is 3.27. The highest BCUT2D eigenvalue weighted by atomic mass is 19.4. The van der Waals surface area contributed by atoms with Gasteiger partial charge in [-0.3, -0.25) is 4.79 Å². The van der Waals surface area contributed by atoms with Crippen LogP contribution >= 0.6 is 0 Å². The number of halogens is 3. The van der Waals surface area contributed by atoms with Crippen molar-refractivity contribution in [3.05, 3.63) is 0 Å². The monoisotopic (exact) mass is 262 g/mol. The van der Waals surface area contributed by atoms with Crippen LogP contribution in [0.15, 0.2) is 0 Å². The maximum Gasteiger partial charge on any atom is 0.391 e. The fraction of sp³-hybridized carbons (Fsp3) is 0.833. The Hall–Kier alpha value is -1.25. The van der Waals surface area contributed by atoms with Gasteiger partial charge in [-0.15, -0.1) is 0 Å². The topological polar surface area (TPSA) is 52.9 Å². The first-order valence-electron chi connectivity index (χ1n) is 6.16. The van der Waals surface area contributed by atoms with Crippen molar-refractivity contribution in [2.45, 2.75) is 44.7 Å². The van der Waals surface area contributed by atoms with Crippen molar-refractivity contribution in [1.29, 1.82) is 5.26 Å². The maximum absolute atomic E-state index is 12.6. The molecule has 0 aliphatic heterocycles. The zero-order valence-corrected chi connectivity index (χ0v) is 10.1. The van der Waals surface area contributed by atoms with Gasteiger partial charge in [0.2, 0.25) is 5.91 Å². The summed E-state index contributed by atoms with van der Waals surface area (Å²) in [7, 11) is 0. The second-order valence-electron chi connectivity index (χ2n) is 4.65. The van der Waals surface area contributed by atoms with Gasteiger partial charge in [-0.25, -0.2) is 0 Å². The number of rotatable bonds is 4. The van der Waals surface area contributed by atoms with Gasteiger partial charge < -0.3 is 5.32 Å². The Morgan fingerprint density at radius 2 is 2.11 bits per heavy atom. The number of hydrogen-bond acceptors (Lipinski definition) is 2. The average molecular weight is 262 g/mol. The summed E-state index contributed by atoms with van der Waals surface area (Å²) >= 11 is 0. The van der Waals surface area contributed by atoms with E-state index in [9.17, 15) is 18.0 Å². The minimum absolute atomic E-state index is 0.104. The number of amides is 1. The molecule has 1 amide bonds. The molecule has 1 aliphatic carbocycles. The number of alkyl halides is 3. The second kappa shape index (κ2) is 6.62. The highest BCUT2D eigenvalue weighted by Crippen LogP contribution is 2.39. The van der Waals surface area contributed by atoms with Crippen molar-refractivity contribution in [3.8, 4) is 6.07 Å². The highest BCUT2D eigenvalue weighted by molar-refractivity contribution is 5.78. The van der Waals surface area contributed by atoms with E-state index in [1.54, 1.807) is 0 Å². The Kier molecular flexibility index (Phi) is 5.45. The lowest BCUT2D eigenvalue weighted by Gasteiger charge is -2.29. The van der Waals surface area contributed by atoms with E-state index in [2.05, 4.69) is 5.32 Å². The number of unbranched alkanes of at least 4 members (excludes halogenated alkanes) is 1. The molecule has 0 aromatic heterocycles. The molecular formula is C12H17F3N2O. The molecule has 0 aromatic rings. The smallest absolute Gasteiger partial charge is 0.356 e. The molecule has 1 fully saturated rings. The summed E-state index contributed by atoms with van der Waals surface area (Å²) in [5.41, 5.74) is 0. The second-order valence-corrected chi connectivity index (χ2v) is 4.65. The van der Waals surface area contributed by atoms with Crippen LogP contribution in [-0.2, 0) is 4.79 Å². The Morgan fingerprint density at radius 3 is 2.72 bits per heavy atom. The van der Waals surface area contributed by atoms with Crippen molar-refractivity contribution in [2.24, 2.45) is 11.8 Å². The molecule has 2 unspecified atom stereocenters. The summed E-state index contributed by atoms with van der Waals surface area (Å²) in [4.78, 5) is 11.7. The van der Waals surface area contributed by atoms with E-state index in [4.69, 9.17) is 5.26 Å². The van der Waals surface area contributed by atoms with Crippen LogP contribution in [-0.4, -0.2) is 18.6 Å². The van der Waals surface area contributed by atoms with Gasteiger partial charge in [0.15, 0.2) is 0 Å². The number of nitrogens with zero attached hydrogens (tertiary/aromatic N) is 1. The predicted molar refractivity (Wildman–Crippen MR) is 59.4 cm³/mol. The zero-order valence-electron chi connectivity index (χ0n) is 10.1. The van der Waals surface area contributed by atoms with E-state index < -0.39 is 18.0 Å². The van der Waals surface area contributed by atoms with Gasteiger partial charge in [-0.1, -0.05) is 6.42 Å². The lowest BCUT2D eigenvalue weighted by Crippen LogP contribution is -2.37. The molecule has 0 saturated heterocycles. The van der Waals surface area contributed by atoms with Gasteiger partial charge in [0.05, 0.1) is 12.0 Å². The van der Waals surface area contributed by atoms with Crippen molar-refractivity contribution in [3.63, 3.8) is 0 Å². The average Bonchev–Trinajstić information content (AvgIpc) is 2.33. The highest BCUT2D eigenvalue weighted by Gasteiger charge is 2.43. The first-order chi connectivity index (χ1) is 8.45. The molecular weight excluding hydrogens is 245 g/mol. The molecule has 1 aliphatic rings. The first-order valence-corrected chi connectivity index (χ1v) is 6.16. The number of nitrogens with one attached hydrogen (secondary N) is 1. The molecule has 0 spiro atoms. The Morgan fingerprint density at radius 1 is 1.39 bits per heavy atom. The van der Waals surface area contributed by atoms with E-state index >= 15 is 0 Å². The quantitative estimate of drug-likeness (QED) is 0.792. The summed E-state index contributed by atoms with van der Waals surface area (Å²) in [5, 5.41) is 10.9. The summed E-state index contributed by atoms with van der Waals surface area (Å²) in [6.07, 6.45) is -2.32. The van der Waals surface area contributed by atoms with E-state index in [0.29, 0.717) is 32.2 Å². The molecule has 0 aromatic carbocycles. The molecule has 0 bridgehead atoms. The van der Waals surface area contributed by atoms with Crippen LogP contribution in [0.4, 0.5) is 13.2 Å². The van der Waals surface area contributed by atoms with Gasteiger partial charge in [0.25, 0.3) is 0 Å². The molecule has 6 heteroatoms. The number of carbonyl (C=O) groups excluding carboxylic acids is 1. The molecule has 18 heavy (non-hydrogen) atoms. The molecule has 102 valence electrons. The standard InChI is InChI=1S/C12H17F3N2O/c13-12(14,15)10-5-3-4-9(8-10)11(18)17-7-2-1-6-16/h9-10H,1-5,7-8H2,(H,17,18). The fourth-order valence-electron chi connectivity index (χ4n) is 2.25. The summed E-state index contributed by atoms with van der Waals surface area (Å²) in [5.74, 6) is -2.18. The first kappa shape index (κ1) is 14.8. The molecule has 3 nitrogen and oxygen atoms in total. The maximum atomic E-state index is 12.6. The van der Waals surface area contributed by atoms with Crippen LogP contribution in [0.25, 0.3) is 0 Å². The Balaban J connectivity index is 2.37. The van der Waals surface area contributed by atoms with Gasteiger partial charge in [0.1, 0.15) is 0 Å². The Bertz CT molecular complexity index is 322. The lowest BCUT2D eigenvalue weighted by atomic mass is 9.80. The third-order valence-electron chi connectivity index (χ3n) is 3.27. The van der Waals surface area contributed by atoms with E-state index in [1.807, 2.05) is 6.07 Å². The number of nitriles is 1. The largest absolute Gasteiger partial charge is 0.391 e. The SMILES string of the molecule is N#CCCCNC(=O)C1CCCC(C(F)(F)F)C1. The predicted octanol–water partition coefficient (Wildman–Crippen LogP) is 2.78. The van der Waals surface area contributed by atoms with Crippen molar-refractivity contribution >= 4 is 5.91 Å². The van der Waals surface area contributed by atoms with Gasteiger partial charge >= 0.3 is 6.18 Å². The molecule has 2 atom stereocenters. The van der Waals surface area contributed by atoms with Crippen LogP contribution in [0.1, 0.15) is 38.5 Å². The van der Waals surface area contributed by atoms with Crippen LogP contribution in [0.3, 0.4) is 0 Å². The molecule has 1 rings (SSSR count). The van der Waals surface area contributed by atoms with Crippen molar-refractivity contribution in [2.75, 3.05) is 6.54 Å². The number of carbonyl (C=O) groups is 1. The van der Waals surface area contributed by atoms with Crippen LogP contribution in [0.2, 0.25) is 0 Å². The van der Waals surface area contributed by atoms with E-state index in [1.165, 1.54) is 0 Å². The normalized spacial score (nSPS) is 24.3. The van der Waals surface area contributed by atoms with Gasteiger partial charge in [-0.05, 0) is 25.7 Å². The van der Waals surface area contributed by atoms with Crippen molar-refractivity contribution in [1.82, 2.24) is 5.32 Å². The Labute approximate surface area is 104 Å². The van der Waals surface area contributed by atoms with Crippen molar-refractivity contribution < 1.29 is 18.0 Å². The van der Waals surface area contributed by atoms with Crippen LogP contribution < -0.4 is 5.32 Å². The third kappa shape index (κ3) is 4.55. The van der Waals surface area contributed by atoms with Gasteiger partial charge in [0, 0.05) is 18.9 Å². The summed E-state index contributed by atoms with van der Waals surface area (Å²) in [6.45, 7) is 0.361. The lowest BCUT2D eigenvalue weighted by molar-refractivity contribution is -0.186. The molecule has 0 radical (unpaired) electrons. The molecule has 1 N–H and O–H groups in total. The summed E-state index contributed by atoms with van der Waals surface area (Å²) in [6, 6.07) is 1.95. The van der Waals surface area contributed by atoms with Crippen LogP contribution in [0.5, 0.6) is 0 Å². The minimum atomic E-state index is -4.19. The fourth-order valence-corrected chi connectivity index (χ4v) is 2.25. The summed E-state index contributed by atoms with van der Waals surface area (Å²) < 4.78 is 37.7. The minimum Gasteiger partial charge on any atom is -0.356 e. The zero-order chi connectivity index (χ0) is 13.6. The van der Waals surface area contributed by atoms with Crippen LogP contribution in [0, 0.1) is 23.2 Å². The van der Waals surface area contributed by atoms with E-state index in [0.717, 1.165) is 0 Å². The number of hydrogen-bond donors (Lipinski definition) is 1. The van der Waals surface area contributed by atoms with Gasteiger partial charge in [-0.2, -0.15) is 18.4 Å². The molecule has 1 saturated carbocycles. The molecule has 0 heterocycles. The van der Waals surface area contributed by atoms with E-state index in [-0.39, 0.29) is 18.7 Å².